The molecule has 1 aromatic carbocycles. The van der Waals surface area contributed by atoms with Gasteiger partial charge >= 0.3 is 0 Å². The molecule has 2 nitrogen and oxygen atoms in total. The van der Waals surface area contributed by atoms with Crippen LogP contribution in [-0.2, 0) is 6.42 Å². The van der Waals surface area contributed by atoms with Crippen LogP contribution in [-0.4, -0.2) is 12.6 Å². The summed E-state index contributed by atoms with van der Waals surface area (Å²) in [6.45, 7) is 3.38. The smallest absolute Gasteiger partial charge is 0.143 e. The second-order valence-corrected chi connectivity index (χ2v) is 6.00. The molecule has 19 heavy (non-hydrogen) atoms. The van der Waals surface area contributed by atoms with E-state index in [1.807, 2.05) is 0 Å². The van der Waals surface area contributed by atoms with Gasteiger partial charge in [-0.3, -0.25) is 0 Å². The quantitative estimate of drug-likeness (QED) is 0.869. The number of fused-ring (bicyclic) bond motifs is 1. The normalized spacial score (nSPS) is 26.4. The number of ether oxygens (including phenoxy) is 1. The van der Waals surface area contributed by atoms with E-state index in [0.29, 0.717) is 6.10 Å². The first-order chi connectivity index (χ1) is 9.36. The minimum Gasteiger partial charge on any atom is -0.488 e. The van der Waals surface area contributed by atoms with Gasteiger partial charge in [0, 0.05) is 6.54 Å². The lowest BCUT2D eigenvalue weighted by Crippen LogP contribution is -2.26. The maximum absolute atomic E-state index is 6.32. The summed E-state index contributed by atoms with van der Waals surface area (Å²) in [5.41, 5.74) is 2.68. The molecule has 0 amide bonds. The molecular formula is C17H25NO. The fraction of sp³-hybridized carbons (Fsp3) is 0.647. The molecule has 2 unspecified atom stereocenters. The van der Waals surface area contributed by atoms with E-state index in [4.69, 9.17) is 4.74 Å². The van der Waals surface area contributed by atoms with Crippen molar-refractivity contribution in [1.82, 2.24) is 0 Å². The molecule has 1 fully saturated rings. The molecule has 2 atom stereocenters. The Morgan fingerprint density at radius 3 is 3.11 bits per heavy atom. The summed E-state index contributed by atoms with van der Waals surface area (Å²) in [6.07, 6.45) is 9.31. The Kier molecular flexibility index (Phi) is 3.95. The third-order valence-corrected chi connectivity index (χ3v) is 4.64. The topological polar surface area (TPSA) is 21.3 Å². The van der Waals surface area contributed by atoms with E-state index in [2.05, 4.69) is 30.4 Å². The van der Waals surface area contributed by atoms with E-state index < -0.39 is 0 Å². The summed E-state index contributed by atoms with van der Waals surface area (Å²) in [4.78, 5) is 0. The Hall–Kier alpha value is -1.18. The first-order valence-corrected chi connectivity index (χ1v) is 7.89. The molecule has 1 aliphatic carbocycles. The van der Waals surface area contributed by atoms with Crippen LogP contribution in [0, 0.1) is 5.92 Å². The Balaban J connectivity index is 1.72. The van der Waals surface area contributed by atoms with Crippen molar-refractivity contribution in [2.45, 2.75) is 58.0 Å². The molecule has 1 heterocycles. The number of anilines is 1. The fourth-order valence-corrected chi connectivity index (χ4v) is 3.48. The first kappa shape index (κ1) is 12.8. The van der Waals surface area contributed by atoms with Gasteiger partial charge in [0.2, 0.25) is 0 Å². The molecule has 1 saturated carbocycles. The highest BCUT2D eigenvalue weighted by Crippen LogP contribution is 2.35. The summed E-state index contributed by atoms with van der Waals surface area (Å²) in [5.74, 6) is 1.95. The van der Waals surface area contributed by atoms with Crippen LogP contribution in [0.15, 0.2) is 18.2 Å². The highest BCUT2D eigenvalue weighted by Gasteiger charge is 2.23. The van der Waals surface area contributed by atoms with Crippen LogP contribution in [0.4, 0.5) is 5.69 Å². The van der Waals surface area contributed by atoms with Crippen LogP contribution < -0.4 is 10.1 Å². The molecule has 2 aliphatic rings. The molecule has 1 aromatic rings. The highest BCUT2D eigenvalue weighted by molar-refractivity contribution is 5.63. The van der Waals surface area contributed by atoms with Crippen LogP contribution in [0.3, 0.4) is 0 Å². The van der Waals surface area contributed by atoms with Gasteiger partial charge < -0.3 is 10.1 Å². The third-order valence-electron chi connectivity index (χ3n) is 4.64. The maximum Gasteiger partial charge on any atom is 0.143 e. The standard InChI is InChI=1S/C17H25NO/c1-2-13-6-3-9-15(12-13)19-16-10-4-7-14-8-5-11-18-17(14)16/h4,7,10,13,15,18H,2-3,5-6,8-9,11-12H2,1H3. The number of para-hydroxylation sites is 1. The minimum atomic E-state index is 0.425. The van der Waals surface area contributed by atoms with Crippen LogP contribution in [0.5, 0.6) is 5.75 Å². The molecule has 1 aliphatic heterocycles. The predicted molar refractivity (Wildman–Crippen MR) is 79.9 cm³/mol. The third kappa shape index (κ3) is 2.88. The molecule has 0 saturated heterocycles. The number of benzene rings is 1. The summed E-state index contributed by atoms with van der Waals surface area (Å²) >= 11 is 0. The average molecular weight is 259 g/mol. The van der Waals surface area contributed by atoms with Gasteiger partial charge in [0.1, 0.15) is 5.75 Å². The van der Waals surface area contributed by atoms with Gasteiger partial charge in [0.05, 0.1) is 11.8 Å². The molecule has 104 valence electrons. The van der Waals surface area contributed by atoms with E-state index in [0.717, 1.165) is 18.2 Å². The van der Waals surface area contributed by atoms with Gasteiger partial charge in [-0.15, -0.1) is 0 Å². The maximum atomic E-state index is 6.32. The van der Waals surface area contributed by atoms with Crippen LogP contribution in [0.25, 0.3) is 0 Å². The number of nitrogens with one attached hydrogen (secondary N) is 1. The van der Waals surface area contributed by atoms with Gasteiger partial charge in [-0.25, -0.2) is 0 Å². The molecule has 0 radical (unpaired) electrons. The van der Waals surface area contributed by atoms with Crippen LogP contribution in [0.1, 0.15) is 51.0 Å². The minimum absolute atomic E-state index is 0.425. The van der Waals surface area contributed by atoms with Crippen LogP contribution >= 0.6 is 0 Å². The molecular weight excluding hydrogens is 234 g/mol. The number of aryl methyl sites for hydroxylation is 1. The van der Waals surface area contributed by atoms with E-state index in [1.165, 1.54) is 56.2 Å². The second kappa shape index (κ2) is 5.85. The van der Waals surface area contributed by atoms with E-state index in [1.54, 1.807) is 0 Å². The Morgan fingerprint density at radius 2 is 2.21 bits per heavy atom. The lowest BCUT2D eigenvalue weighted by molar-refractivity contribution is 0.122. The monoisotopic (exact) mass is 259 g/mol. The van der Waals surface area contributed by atoms with Crippen molar-refractivity contribution in [3.8, 4) is 5.75 Å². The summed E-state index contributed by atoms with van der Waals surface area (Å²) < 4.78 is 6.32. The second-order valence-electron chi connectivity index (χ2n) is 6.00. The molecule has 0 bridgehead atoms. The van der Waals surface area contributed by atoms with Crippen molar-refractivity contribution < 1.29 is 4.74 Å². The van der Waals surface area contributed by atoms with Gasteiger partial charge in [-0.05, 0) is 49.7 Å². The number of hydrogen-bond donors (Lipinski definition) is 1. The van der Waals surface area contributed by atoms with Crippen molar-refractivity contribution in [2.75, 3.05) is 11.9 Å². The lowest BCUT2D eigenvalue weighted by atomic mass is 9.85. The van der Waals surface area contributed by atoms with Gasteiger partial charge in [0.25, 0.3) is 0 Å². The Bertz CT molecular complexity index is 429. The predicted octanol–water partition coefficient (Wildman–Crippen LogP) is 4.39. The van der Waals surface area contributed by atoms with E-state index >= 15 is 0 Å². The van der Waals surface area contributed by atoms with Crippen LogP contribution in [0.2, 0.25) is 0 Å². The molecule has 1 N–H and O–H groups in total. The molecule has 0 spiro atoms. The van der Waals surface area contributed by atoms with Crippen molar-refractivity contribution >= 4 is 5.69 Å². The van der Waals surface area contributed by atoms with Gasteiger partial charge in [-0.1, -0.05) is 31.9 Å². The van der Waals surface area contributed by atoms with Crippen molar-refractivity contribution in [2.24, 2.45) is 5.92 Å². The summed E-state index contributed by atoms with van der Waals surface area (Å²) in [5, 5.41) is 3.52. The molecule has 0 aromatic heterocycles. The van der Waals surface area contributed by atoms with E-state index in [-0.39, 0.29) is 0 Å². The first-order valence-electron chi connectivity index (χ1n) is 7.89. The van der Waals surface area contributed by atoms with E-state index in [9.17, 15) is 0 Å². The lowest BCUT2D eigenvalue weighted by Gasteiger charge is -2.30. The Labute approximate surface area is 116 Å². The summed E-state index contributed by atoms with van der Waals surface area (Å²) in [7, 11) is 0. The highest BCUT2D eigenvalue weighted by atomic mass is 16.5. The zero-order valence-electron chi connectivity index (χ0n) is 12.0. The SMILES string of the molecule is CCC1CCCC(Oc2cccc3c2NCCC3)C1. The average Bonchev–Trinajstić information content (AvgIpc) is 2.48. The van der Waals surface area contributed by atoms with Gasteiger partial charge in [-0.2, -0.15) is 0 Å². The molecule has 3 rings (SSSR count). The fourth-order valence-electron chi connectivity index (χ4n) is 3.48. The van der Waals surface area contributed by atoms with Crippen molar-refractivity contribution in [1.29, 1.82) is 0 Å². The zero-order valence-corrected chi connectivity index (χ0v) is 12.0. The van der Waals surface area contributed by atoms with Crippen molar-refractivity contribution in [3.63, 3.8) is 0 Å². The number of rotatable bonds is 3. The largest absolute Gasteiger partial charge is 0.488 e. The van der Waals surface area contributed by atoms with Gasteiger partial charge in [0.15, 0.2) is 0 Å². The zero-order chi connectivity index (χ0) is 13.1. The summed E-state index contributed by atoms with van der Waals surface area (Å²) in [6, 6.07) is 6.50. The van der Waals surface area contributed by atoms with Crippen molar-refractivity contribution in [3.05, 3.63) is 23.8 Å². The Morgan fingerprint density at radius 1 is 1.26 bits per heavy atom. The number of hydrogen-bond acceptors (Lipinski definition) is 2. The molecule has 2 heteroatoms.